The molecule has 0 spiro atoms. The lowest BCUT2D eigenvalue weighted by Crippen LogP contribution is -2.16. The number of H-pyrrole nitrogens is 1. The molecular weight excluding hydrogens is 250 g/mol. The van der Waals surface area contributed by atoms with E-state index in [9.17, 15) is 0 Å². The number of hydrogen-bond donors (Lipinski definition) is 2. The summed E-state index contributed by atoms with van der Waals surface area (Å²) in [6.45, 7) is 8.35. The third-order valence-corrected chi connectivity index (χ3v) is 3.53. The average Bonchev–Trinajstić information content (AvgIpc) is 2.96. The number of nitrogens with zero attached hydrogens (tertiary/aromatic N) is 3. The lowest BCUT2D eigenvalue weighted by Gasteiger charge is -2.07. The van der Waals surface area contributed by atoms with E-state index in [1.54, 1.807) is 0 Å². The lowest BCUT2D eigenvalue weighted by atomic mass is 10.1. The van der Waals surface area contributed by atoms with Crippen molar-refractivity contribution < 1.29 is 0 Å². The van der Waals surface area contributed by atoms with Crippen LogP contribution >= 0.6 is 0 Å². The minimum absolute atomic E-state index is 0.474. The fourth-order valence-electron chi connectivity index (χ4n) is 2.43. The molecule has 0 aliphatic rings. The van der Waals surface area contributed by atoms with E-state index in [1.807, 2.05) is 17.9 Å². The van der Waals surface area contributed by atoms with Crippen molar-refractivity contribution in [3.05, 3.63) is 34.9 Å². The van der Waals surface area contributed by atoms with Crippen LogP contribution in [0.25, 0.3) is 0 Å². The zero-order valence-electron chi connectivity index (χ0n) is 12.9. The van der Waals surface area contributed by atoms with Gasteiger partial charge in [0.1, 0.15) is 0 Å². The van der Waals surface area contributed by atoms with Crippen LogP contribution in [0.5, 0.6) is 0 Å². The van der Waals surface area contributed by atoms with Crippen molar-refractivity contribution in [2.75, 3.05) is 6.54 Å². The average molecular weight is 275 g/mol. The molecule has 5 heteroatoms. The standard InChI is InChI=1S/C15H25N5/c1-11(2)15-14(10-20(4)19-15)8-16-7-5-6-13-9-17-18-12(13)3/h9-11,16H,5-8H2,1-4H3,(H,17,18). The van der Waals surface area contributed by atoms with E-state index in [-0.39, 0.29) is 0 Å². The maximum atomic E-state index is 4.53. The predicted octanol–water partition coefficient (Wildman–Crippen LogP) is 2.30. The summed E-state index contributed by atoms with van der Waals surface area (Å²) in [6, 6.07) is 0. The minimum atomic E-state index is 0.474. The van der Waals surface area contributed by atoms with Crippen molar-refractivity contribution in [2.24, 2.45) is 7.05 Å². The number of aryl methyl sites for hydroxylation is 3. The molecule has 20 heavy (non-hydrogen) atoms. The van der Waals surface area contributed by atoms with Crippen LogP contribution in [0.3, 0.4) is 0 Å². The van der Waals surface area contributed by atoms with E-state index >= 15 is 0 Å². The molecule has 2 aromatic rings. The fourth-order valence-corrected chi connectivity index (χ4v) is 2.43. The molecule has 0 saturated carbocycles. The zero-order valence-corrected chi connectivity index (χ0v) is 12.9. The van der Waals surface area contributed by atoms with Crippen LogP contribution < -0.4 is 5.32 Å². The van der Waals surface area contributed by atoms with Gasteiger partial charge in [0.05, 0.1) is 11.9 Å². The Kier molecular flexibility index (Phi) is 4.95. The first-order valence-corrected chi connectivity index (χ1v) is 7.30. The Morgan fingerprint density at radius 3 is 2.80 bits per heavy atom. The van der Waals surface area contributed by atoms with E-state index in [4.69, 9.17) is 0 Å². The van der Waals surface area contributed by atoms with E-state index < -0.39 is 0 Å². The second-order valence-electron chi connectivity index (χ2n) is 5.67. The summed E-state index contributed by atoms with van der Waals surface area (Å²) in [4.78, 5) is 0. The Bertz CT molecular complexity index is 538. The highest BCUT2D eigenvalue weighted by molar-refractivity contribution is 5.20. The SMILES string of the molecule is Cc1[nH]ncc1CCCNCc1cn(C)nc1C(C)C. The normalized spacial score (nSPS) is 11.4. The summed E-state index contributed by atoms with van der Waals surface area (Å²) in [6.07, 6.45) is 6.23. The third-order valence-electron chi connectivity index (χ3n) is 3.53. The molecule has 110 valence electrons. The van der Waals surface area contributed by atoms with Crippen LogP contribution in [0.1, 0.15) is 48.7 Å². The van der Waals surface area contributed by atoms with Crippen LogP contribution in [0, 0.1) is 6.92 Å². The van der Waals surface area contributed by atoms with E-state index in [0.717, 1.165) is 25.9 Å². The van der Waals surface area contributed by atoms with Crippen LogP contribution in [0.15, 0.2) is 12.4 Å². The van der Waals surface area contributed by atoms with Gasteiger partial charge in [-0.05, 0) is 37.8 Å². The largest absolute Gasteiger partial charge is 0.313 e. The molecule has 0 unspecified atom stereocenters. The molecule has 0 fully saturated rings. The Morgan fingerprint density at radius 1 is 1.35 bits per heavy atom. The maximum absolute atomic E-state index is 4.53. The van der Waals surface area contributed by atoms with E-state index in [2.05, 4.69) is 47.6 Å². The van der Waals surface area contributed by atoms with Gasteiger partial charge in [-0.3, -0.25) is 9.78 Å². The van der Waals surface area contributed by atoms with Gasteiger partial charge >= 0.3 is 0 Å². The predicted molar refractivity (Wildman–Crippen MR) is 80.6 cm³/mol. The first kappa shape index (κ1) is 14.8. The molecule has 2 rings (SSSR count). The van der Waals surface area contributed by atoms with Crippen LogP contribution in [0.2, 0.25) is 0 Å². The molecule has 0 saturated heterocycles. The molecule has 5 nitrogen and oxygen atoms in total. The van der Waals surface area contributed by atoms with E-state index in [1.165, 1.54) is 22.5 Å². The van der Waals surface area contributed by atoms with Crippen molar-refractivity contribution in [3.8, 4) is 0 Å². The summed E-state index contributed by atoms with van der Waals surface area (Å²) in [7, 11) is 1.98. The van der Waals surface area contributed by atoms with Gasteiger partial charge in [-0.25, -0.2) is 0 Å². The molecule has 0 aliphatic heterocycles. The lowest BCUT2D eigenvalue weighted by molar-refractivity contribution is 0.641. The molecule has 0 atom stereocenters. The van der Waals surface area contributed by atoms with Gasteiger partial charge in [0.15, 0.2) is 0 Å². The van der Waals surface area contributed by atoms with Crippen LogP contribution in [-0.2, 0) is 20.0 Å². The Hall–Kier alpha value is -1.62. The number of rotatable bonds is 7. The highest BCUT2D eigenvalue weighted by atomic mass is 15.3. The summed E-state index contributed by atoms with van der Waals surface area (Å²) in [5.74, 6) is 0.474. The topological polar surface area (TPSA) is 58.5 Å². The molecule has 0 aliphatic carbocycles. The molecule has 0 bridgehead atoms. The summed E-state index contributed by atoms with van der Waals surface area (Å²) < 4.78 is 1.90. The van der Waals surface area contributed by atoms with Crippen molar-refractivity contribution in [2.45, 2.75) is 46.1 Å². The first-order chi connectivity index (χ1) is 9.58. The van der Waals surface area contributed by atoms with Gasteiger partial charge in [0.2, 0.25) is 0 Å². The molecule has 2 N–H and O–H groups in total. The Balaban J connectivity index is 1.75. The monoisotopic (exact) mass is 275 g/mol. The van der Waals surface area contributed by atoms with Crippen molar-refractivity contribution in [1.82, 2.24) is 25.3 Å². The number of aromatic amines is 1. The number of aromatic nitrogens is 4. The quantitative estimate of drug-likeness (QED) is 0.762. The summed E-state index contributed by atoms with van der Waals surface area (Å²) in [5.41, 5.74) is 5.00. The summed E-state index contributed by atoms with van der Waals surface area (Å²) in [5, 5.41) is 15.1. The maximum Gasteiger partial charge on any atom is 0.0694 e. The molecule has 0 radical (unpaired) electrons. The third kappa shape index (κ3) is 3.70. The van der Waals surface area contributed by atoms with Gasteiger partial charge in [0, 0.05) is 31.0 Å². The highest BCUT2D eigenvalue weighted by Crippen LogP contribution is 2.16. The number of hydrogen-bond acceptors (Lipinski definition) is 3. The van der Waals surface area contributed by atoms with Crippen molar-refractivity contribution >= 4 is 0 Å². The van der Waals surface area contributed by atoms with Gasteiger partial charge in [-0.1, -0.05) is 13.8 Å². The Labute approximate surface area is 120 Å². The molecular formula is C15H25N5. The van der Waals surface area contributed by atoms with Crippen LogP contribution in [0.4, 0.5) is 0 Å². The summed E-state index contributed by atoms with van der Waals surface area (Å²) >= 11 is 0. The molecule has 2 aromatic heterocycles. The zero-order chi connectivity index (χ0) is 14.5. The molecule has 0 aromatic carbocycles. The highest BCUT2D eigenvalue weighted by Gasteiger charge is 2.10. The Morgan fingerprint density at radius 2 is 2.15 bits per heavy atom. The second kappa shape index (κ2) is 6.70. The molecule has 2 heterocycles. The van der Waals surface area contributed by atoms with Crippen molar-refractivity contribution in [1.29, 1.82) is 0 Å². The van der Waals surface area contributed by atoms with Gasteiger partial charge < -0.3 is 5.32 Å². The van der Waals surface area contributed by atoms with Crippen LogP contribution in [-0.4, -0.2) is 26.5 Å². The first-order valence-electron chi connectivity index (χ1n) is 7.30. The van der Waals surface area contributed by atoms with E-state index in [0.29, 0.717) is 5.92 Å². The second-order valence-corrected chi connectivity index (χ2v) is 5.67. The van der Waals surface area contributed by atoms with Gasteiger partial charge in [-0.15, -0.1) is 0 Å². The molecule has 0 amide bonds. The van der Waals surface area contributed by atoms with Gasteiger partial charge in [-0.2, -0.15) is 10.2 Å². The minimum Gasteiger partial charge on any atom is -0.313 e. The van der Waals surface area contributed by atoms with Gasteiger partial charge in [0.25, 0.3) is 0 Å². The fraction of sp³-hybridized carbons (Fsp3) is 0.600. The van der Waals surface area contributed by atoms with Crippen molar-refractivity contribution in [3.63, 3.8) is 0 Å². The number of nitrogens with one attached hydrogen (secondary N) is 2. The smallest absolute Gasteiger partial charge is 0.0694 e.